The summed E-state index contributed by atoms with van der Waals surface area (Å²) in [7, 11) is 0. The molecule has 0 saturated heterocycles. The summed E-state index contributed by atoms with van der Waals surface area (Å²) in [6.07, 6.45) is 3.34. The molecule has 104 valence electrons. The molecule has 0 radical (unpaired) electrons. The largest absolute Gasteiger partial charge is 0.326 e. The molecular weight excluding hydrogens is 318 g/mol. The molecule has 0 atom stereocenters. The van der Waals surface area contributed by atoms with Crippen molar-refractivity contribution < 1.29 is 0 Å². The predicted octanol–water partition coefficient (Wildman–Crippen LogP) is 3.56. The van der Waals surface area contributed by atoms with Gasteiger partial charge in [-0.3, -0.25) is 9.48 Å². The summed E-state index contributed by atoms with van der Waals surface area (Å²) < 4.78 is 2.56. The fourth-order valence-corrected chi connectivity index (χ4v) is 2.36. The van der Waals surface area contributed by atoms with Crippen LogP contribution in [0, 0.1) is 0 Å². The molecule has 0 aliphatic carbocycles. The zero-order valence-corrected chi connectivity index (χ0v) is 13.0. The highest BCUT2D eigenvalue weighted by molar-refractivity contribution is 9.10. The van der Waals surface area contributed by atoms with Crippen molar-refractivity contribution in [2.24, 2.45) is 0 Å². The first-order valence-corrected chi connectivity index (χ1v) is 7.31. The van der Waals surface area contributed by atoms with Gasteiger partial charge in [0, 0.05) is 16.1 Å². The summed E-state index contributed by atoms with van der Waals surface area (Å²) in [4.78, 5) is 14.6. The summed E-state index contributed by atoms with van der Waals surface area (Å²) >= 11 is 3.41. The van der Waals surface area contributed by atoms with Crippen molar-refractivity contribution in [3.63, 3.8) is 0 Å². The van der Waals surface area contributed by atoms with E-state index in [0.717, 1.165) is 15.4 Å². The summed E-state index contributed by atoms with van der Waals surface area (Å²) in [6.45, 7) is 4.59. The average molecular weight is 334 g/mol. The molecule has 2 aromatic heterocycles. The Labute approximate surface area is 125 Å². The van der Waals surface area contributed by atoms with Crippen LogP contribution in [0.3, 0.4) is 0 Å². The molecule has 0 aliphatic rings. The van der Waals surface area contributed by atoms with E-state index in [4.69, 9.17) is 0 Å². The van der Waals surface area contributed by atoms with E-state index in [-0.39, 0.29) is 5.56 Å². The molecule has 5 heteroatoms. The van der Waals surface area contributed by atoms with Crippen LogP contribution >= 0.6 is 15.9 Å². The minimum Gasteiger partial charge on any atom is -0.326 e. The molecule has 0 bridgehead atoms. The molecule has 3 rings (SSSR count). The third-order valence-corrected chi connectivity index (χ3v) is 3.47. The fraction of sp³-hybridized carbons (Fsp3) is 0.200. The van der Waals surface area contributed by atoms with Gasteiger partial charge in [0.05, 0.1) is 12.7 Å². The lowest BCUT2D eigenvalue weighted by Gasteiger charge is -2.03. The van der Waals surface area contributed by atoms with Gasteiger partial charge in [-0.05, 0) is 21.5 Å². The molecule has 1 N–H and O–H groups in total. The van der Waals surface area contributed by atoms with Crippen LogP contribution in [-0.2, 0) is 6.54 Å². The van der Waals surface area contributed by atoms with Crippen LogP contribution in [-0.4, -0.2) is 14.8 Å². The van der Waals surface area contributed by atoms with Gasteiger partial charge >= 0.3 is 0 Å². The number of hydrogen-bond acceptors (Lipinski definition) is 2. The Kier molecular flexibility index (Phi) is 4.74. The molecule has 0 amide bonds. The predicted molar refractivity (Wildman–Crippen MR) is 84.9 cm³/mol. The van der Waals surface area contributed by atoms with Crippen molar-refractivity contribution in [1.29, 1.82) is 0 Å². The van der Waals surface area contributed by atoms with E-state index in [2.05, 4.69) is 26.0 Å². The topological polar surface area (TPSA) is 50.7 Å². The zero-order chi connectivity index (χ0) is 14.5. The lowest BCUT2D eigenvalue weighted by molar-refractivity contribution is 0.709. The van der Waals surface area contributed by atoms with Crippen LogP contribution in [0.2, 0.25) is 0 Å². The number of H-pyrrole nitrogens is 1. The maximum absolute atomic E-state index is 11.9. The number of aromatic amines is 1. The lowest BCUT2D eigenvalue weighted by atomic mass is 10.2. The molecular formula is C15H16BrN3O. The molecule has 1 aromatic carbocycles. The molecule has 20 heavy (non-hydrogen) atoms. The molecule has 0 fully saturated rings. The lowest BCUT2D eigenvalue weighted by Crippen LogP contribution is -2.12. The molecule has 3 aromatic rings. The number of fused-ring (bicyclic) bond motifs is 1. The van der Waals surface area contributed by atoms with Gasteiger partial charge in [0.15, 0.2) is 0 Å². The highest BCUT2D eigenvalue weighted by atomic mass is 79.9. The first-order valence-electron chi connectivity index (χ1n) is 6.52. The number of halogens is 1. The second-order valence-electron chi connectivity index (χ2n) is 4.02. The minimum absolute atomic E-state index is 0.123. The second kappa shape index (κ2) is 6.52. The third kappa shape index (κ3) is 2.82. The summed E-state index contributed by atoms with van der Waals surface area (Å²) in [6, 6.07) is 9.94. The van der Waals surface area contributed by atoms with Crippen molar-refractivity contribution in [2.75, 3.05) is 0 Å². The molecule has 4 nitrogen and oxygen atoms in total. The summed E-state index contributed by atoms with van der Waals surface area (Å²) in [5, 5.41) is 5.11. The molecule has 2 heterocycles. The molecule has 0 spiro atoms. The minimum atomic E-state index is -0.123. The van der Waals surface area contributed by atoms with Crippen molar-refractivity contribution in [3.8, 4) is 0 Å². The normalized spacial score (nSPS) is 10.2. The van der Waals surface area contributed by atoms with Crippen LogP contribution in [0.15, 0.2) is 52.0 Å². The Balaban J connectivity index is 0.000000704. The Morgan fingerprint density at radius 3 is 2.65 bits per heavy atom. The van der Waals surface area contributed by atoms with Gasteiger partial charge in [-0.15, -0.1) is 0 Å². The molecule has 0 unspecified atom stereocenters. The summed E-state index contributed by atoms with van der Waals surface area (Å²) in [5.74, 6) is 0. The quantitative estimate of drug-likeness (QED) is 0.779. The van der Waals surface area contributed by atoms with E-state index in [1.165, 1.54) is 0 Å². The smallest absolute Gasteiger partial charge is 0.274 e. The van der Waals surface area contributed by atoms with E-state index >= 15 is 0 Å². The van der Waals surface area contributed by atoms with Crippen LogP contribution in [0.5, 0.6) is 0 Å². The average Bonchev–Trinajstić information content (AvgIpc) is 2.91. The standard InChI is InChI=1S/C13H10BrN3O.C2H6/c14-11-7-15-13(18)12-10(11)6-16-17(12)8-9-4-2-1-3-5-9;1-2/h1-7H,8H2,(H,15,18);1-2H3. The van der Waals surface area contributed by atoms with Crippen molar-refractivity contribution in [3.05, 3.63) is 63.1 Å². The van der Waals surface area contributed by atoms with Crippen LogP contribution in [0.4, 0.5) is 0 Å². The van der Waals surface area contributed by atoms with Crippen LogP contribution in [0.1, 0.15) is 19.4 Å². The summed E-state index contributed by atoms with van der Waals surface area (Å²) in [5.41, 5.74) is 1.58. The SMILES string of the molecule is CC.O=c1[nH]cc(Br)c2cnn(Cc3ccccc3)c12. The Hall–Kier alpha value is -1.88. The van der Waals surface area contributed by atoms with Crippen LogP contribution in [0.25, 0.3) is 10.9 Å². The van der Waals surface area contributed by atoms with E-state index in [9.17, 15) is 4.79 Å². The van der Waals surface area contributed by atoms with Crippen molar-refractivity contribution in [2.45, 2.75) is 20.4 Å². The highest BCUT2D eigenvalue weighted by Gasteiger charge is 2.09. The van der Waals surface area contributed by atoms with Crippen molar-refractivity contribution >= 4 is 26.8 Å². The number of aromatic nitrogens is 3. The Bertz CT molecular complexity index is 747. The zero-order valence-electron chi connectivity index (χ0n) is 11.4. The first-order chi connectivity index (χ1) is 9.75. The second-order valence-corrected chi connectivity index (χ2v) is 4.87. The number of pyridine rings is 1. The first kappa shape index (κ1) is 14.5. The molecule has 0 saturated carbocycles. The number of hydrogen-bond donors (Lipinski definition) is 1. The van der Waals surface area contributed by atoms with Gasteiger partial charge < -0.3 is 4.98 Å². The van der Waals surface area contributed by atoms with Gasteiger partial charge in [0.2, 0.25) is 0 Å². The van der Waals surface area contributed by atoms with E-state index in [0.29, 0.717) is 12.1 Å². The van der Waals surface area contributed by atoms with Crippen molar-refractivity contribution in [1.82, 2.24) is 14.8 Å². The number of rotatable bonds is 2. The maximum Gasteiger partial charge on any atom is 0.274 e. The van der Waals surface area contributed by atoms with Gasteiger partial charge in [-0.25, -0.2) is 0 Å². The maximum atomic E-state index is 11.9. The number of benzene rings is 1. The number of nitrogens with zero attached hydrogens (tertiary/aromatic N) is 2. The Morgan fingerprint density at radius 2 is 1.95 bits per heavy atom. The fourth-order valence-electron chi connectivity index (χ4n) is 1.95. The molecule has 0 aliphatic heterocycles. The van der Waals surface area contributed by atoms with E-state index in [1.54, 1.807) is 17.1 Å². The van der Waals surface area contributed by atoms with E-state index < -0.39 is 0 Å². The van der Waals surface area contributed by atoms with E-state index in [1.807, 2.05) is 44.2 Å². The van der Waals surface area contributed by atoms with Gasteiger partial charge in [0.1, 0.15) is 5.52 Å². The monoisotopic (exact) mass is 333 g/mol. The number of nitrogens with one attached hydrogen (secondary N) is 1. The third-order valence-electron chi connectivity index (χ3n) is 2.82. The highest BCUT2D eigenvalue weighted by Crippen LogP contribution is 2.20. The van der Waals surface area contributed by atoms with Gasteiger partial charge in [-0.1, -0.05) is 44.2 Å². The Morgan fingerprint density at radius 1 is 1.25 bits per heavy atom. The van der Waals surface area contributed by atoms with Crippen LogP contribution < -0.4 is 5.56 Å². The van der Waals surface area contributed by atoms with Gasteiger partial charge in [-0.2, -0.15) is 5.10 Å². The van der Waals surface area contributed by atoms with Gasteiger partial charge in [0.25, 0.3) is 5.56 Å².